The van der Waals surface area contributed by atoms with Crippen molar-refractivity contribution in [3.05, 3.63) is 59.3 Å². The lowest BCUT2D eigenvalue weighted by Crippen LogP contribution is -2.42. The first-order valence-electron chi connectivity index (χ1n) is 8.93. The summed E-state index contributed by atoms with van der Waals surface area (Å²) in [6.07, 6.45) is 4.39. The van der Waals surface area contributed by atoms with Crippen LogP contribution in [0.15, 0.2) is 54.4 Å². The van der Waals surface area contributed by atoms with Crippen LogP contribution in [0, 0.1) is 5.92 Å². The maximum atomic E-state index is 12.6. The Morgan fingerprint density at radius 2 is 1.96 bits per heavy atom. The predicted molar refractivity (Wildman–Crippen MR) is 104 cm³/mol. The molecular weight excluding hydrogens is 362 g/mol. The topological polar surface area (TPSA) is 83.3 Å². The summed E-state index contributed by atoms with van der Waals surface area (Å²) in [6, 6.07) is 11.4. The number of carbonyl (C=O) groups is 1. The summed E-state index contributed by atoms with van der Waals surface area (Å²) in [5.74, 6) is 0.199. The zero-order valence-electron chi connectivity index (χ0n) is 14.7. The van der Waals surface area contributed by atoms with Crippen LogP contribution in [0.5, 0.6) is 0 Å². The van der Waals surface area contributed by atoms with Gasteiger partial charge in [0.25, 0.3) is 0 Å². The highest BCUT2D eigenvalue weighted by Gasteiger charge is 2.28. The van der Waals surface area contributed by atoms with Crippen LogP contribution in [0.4, 0.5) is 10.5 Å². The second-order valence-corrected chi connectivity index (χ2v) is 7.61. The van der Waals surface area contributed by atoms with Crippen molar-refractivity contribution < 1.29 is 9.90 Å². The number of urea groups is 1. The fourth-order valence-electron chi connectivity index (χ4n) is 3.39. The molecule has 2 aromatic heterocycles. The molecule has 3 aromatic rings. The van der Waals surface area contributed by atoms with E-state index in [-0.39, 0.29) is 11.9 Å². The molecular formula is C19H21N5O2S. The van der Waals surface area contributed by atoms with E-state index >= 15 is 0 Å². The van der Waals surface area contributed by atoms with Crippen molar-refractivity contribution in [1.82, 2.24) is 19.7 Å². The number of amides is 2. The van der Waals surface area contributed by atoms with E-state index in [0.29, 0.717) is 13.1 Å². The smallest absolute Gasteiger partial charge is 0.321 e. The Labute approximate surface area is 161 Å². The molecule has 0 aliphatic carbocycles. The first-order valence-corrected chi connectivity index (χ1v) is 9.81. The number of rotatable bonds is 4. The van der Waals surface area contributed by atoms with Crippen molar-refractivity contribution in [1.29, 1.82) is 0 Å². The molecule has 1 atom stereocenters. The average molecular weight is 383 g/mol. The second-order valence-electron chi connectivity index (χ2n) is 6.63. The Balaban J connectivity index is 1.34. The third-order valence-corrected chi connectivity index (χ3v) is 5.87. The molecule has 140 valence electrons. The van der Waals surface area contributed by atoms with Crippen LogP contribution >= 0.6 is 11.3 Å². The molecule has 27 heavy (non-hydrogen) atoms. The van der Waals surface area contributed by atoms with E-state index in [1.807, 2.05) is 46.7 Å². The number of aliphatic hydroxyl groups excluding tert-OH is 1. The van der Waals surface area contributed by atoms with Gasteiger partial charge in [0.05, 0.1) is 11.8 Å². The molecule has 0 bridgehead atoms. The molecule has 0 saturated carbocycles. The van der Waals surface area contributed by atoms with Gasteiger partial charge in [0.1, 0.15) is 12.7 Å². The van der Waals surface area contributed by atoms with Gasteiger partial charge in [0.2, 0.25) is 0 Å². The number of benzene rings is 1. The zero-order chi connectivity index (χ0) is 18.6. The highest BCUT2D eigenvalue weighted by atomic mass is 32.1. The number of aromatic nitrogens is 3. The summed E-state index contributed by atoms with van der Waals surface area (Å²) >= 11 is 1.58. The van der Waals surface area contributed by atoms with Gasteiger partial charge in [0, 0.05) is 23.7 Å². The second kappa shape index (κ2) is 7.89. The molecule has 1 saturated heterocycles. The maximum Gasteiger partial charge on any atom is 0.321 e. The third kappa shape index (κ3) is 4.01. The van der Waals surface area contributed by atoms with Crippen LogP contribution in [0.1, 0.15) is 23.8 Å². The van der Waals surface area contributed by atoms with Crippen molar-refractivity contribution in [2.45, 2.75) is 18.9 Å². The van der Waals surface area contributed by atoms with Gasteiger partial charge in [-0.25, -0.2) is 4.79 Å². The lowest BCUT2D eigenvalue weighted by Gasteiger charge is -2.34. The van der Waals surface area contributed by atoms with Crippen LogP contribution in [0.25, 0.3) is 5.69 Å². The van der Waals surface area contributed by atoms with Gasteiger partial charge in [0.15, 0.2) is 0 Å². The number of carbonyl (C=O) groups excluding carboxylic acids is 1. The van der Waals surface area contributed by atoms with Crippen LogP contribution in [-0.2, 0) is 0 Å². The first-order chi connectivity index (χ1) is 13.2. The molecule has 2 amide bonds. The number of aliphatic hydroxyl groups is 1. The Hall–Kier alpha value is -2.71. The minimum absolute atomic E-state index is 0.111. The number of piperidine rings is 1. The van der Waals surface area contributed by atoms with Gasteiger partial charge in [-0.1, -0.05) is 12.1 Å². The first kappa shape index (κ1) is 17.7. The summed E-state index contributed by atoms with van der Waals surface area (Å²) < 4.78 is 1.78. The van der Waals surface area contributed by atoms with Gasteiger partial charge in [-0.15, -0.1) is 21.5 Å². The van der Waals surface area contributed by atoms with E-state index in [0.717, 1.165) is 29.1 Å². The summed E-state index contributed by atoms with van der Waals surface area (Å²) in [4.78, 5) is 15.4. The molecule has 0 radical (unpaired) electrons. The average Bonchev–Trinajstić information content (AvgIpc) is 3.42. The summed E-state index contributed by atoms with van der Waals surface area (Å²) in [5, 5.41) is 23.0. The number of thiophene rings is 1. The number of nitrogens with zero attached hydrogens (tertiary/aromatic N) is 4. The van der Waals surface area contributed by atoms with Crippen molar-refractivity contribution in [3.8, 4) is 5.69 Å². The molecule has 0 spiro atoms. The van der Waals surface area contributed by atoms with Crippen LogP contribution in [0.3, 0.4) is 0 Å². The third-order valence-electron chi connectivity index (χ3n) is 4.92. The van der Waals surface area contributed by atoms with Gasteiger partial charge < -0.3 is 15.3 Å². The van der Waals surface area contributed by atoms with E-state index < -0.39 is 6.10 Å². The Bertz CT molecular complexity index is 873. The van der Waals surface area contributed by atoms with Crippen molar-refractivity contribution in [2.24, 2.45) is 5.92 Å². The zero-order valence-corrected chi connectivity index (χ0v) is 15.5. The molecule has 0 unspecified atom stereocenters. The lowest BCUT2D eigenvalue weighted by molar-refractivity contribution is 0.0708. The Morgan fingerprint density at radius 1 is 1.19 bits per heavy atom. The number of likely N-dealkylation sites (tertiary alicyclic amines) is 1. The molecule has 1 fully saturated rings. The van der Waals surface area contributed by atoms with E-state index in [1.165, 1.54) is 0 Å². The van der Waals surface area contributed by atoms with Gasteiger partial charge in [-0.2, -0.15) is 0 Å². The molecule has 4 rings (SSSR count). The quantitative estimate of drug-likeness (QED) is 0.724. The van der Waals surface area contributed by atoms with Gasteiger partial charge in [-0.05, 0) is 48.4 Å². The predicted octanol–water partition coefficient (Wildman–Crippen LogP) is 3.31. The Kier molecular flexibility index (Phi) is 5.17. The molecule has 1 aliphatic heterocycles. The Morgan fingerprint density at radius 3 is 2.67 bits per heavy atom. The fraction of sp³-hybridized carbons (Fsp3) is 0.316. The summed E-state index contributed by atoms with van der Waals surface area (Å²) in [7, 11) is 0. The van der Waals surface area contributed by atoms with Crippen molar-refractivity contribution in [2.75, 3.05) is 18.4 Å². The standard InChI is InChI=1S/C19H21N5O2S/c25-18(17-5-2-10-27-17)14-6-8-23(9-7-14)19(26)22-15-3-1-4-16(11-15)24-12-20-21-13-24/h1-5,10-14,18,25H,6-9H2,(H,22,26)/t18-/m1/s1. The highest BCUT2D eigenvalue weighted by Crippen LogP contribution is 2.33. The van der Waals surface area contributed by atoms with Crippen molar-refractivity contribution in [3.63, 3.8) is 0 Å². The molecule has 2 N–H and O–H groups in total. The monoisotopic (exact) mass is 383 g/mol. The number of hydrogen-bond acceptors (Lipinski definition) is 5. The van der Waals surface area contributed by atoms with Crippen molar-refractivity contribution >= 4 is 23.1 Å². The van der Waals surface area contributed by atoms with E-state index in [2.05, 4.69) is 15.5 Å². The molecule has 3 heterocycles. The normalized spacial score (nSPS) is 16.3. The highest BCUT2D eigenvalue weighted by molar-refractivity contribution is 7.10. The SMILES string of the molecule is O=C(Nc1cccc(-n2cnnc2)c1)N1CCC([C@@H](O)c2cccs2)CC1. The van der Waals surface area contributed by atoms with Gasteiger partial charge >= 0.3 is 6.03 Å². The van der Waals surface area contributed by atoms with E-state index in [9.17, 15) is 9.90 Å². The minimum Gasteiger partial charge on any atom is -0.387 e. The summed E-state index contributed by atoms with van der Waals surface area (Å²) in [5.41, 5.74) is 1.61. The lowest BCUT2D eigenvalue weighted by atomic mass is 9.90. The molecule has 1 aromatic carbocycles. The maximum absolute atomic E-state index is 12.6. The van der Waals surface area contributed by atoms with E-state index in [4.69, 9.17) is 0 Å². The van der Waals surface area contributed by atoms with Crippen LogP contribution in [-0.4, -0.2) is 43.9 Å². The molecule has 7 nitrogen and oxygen atoms in total. The fourth-order valence-corrected chi connectivity index (χ4v) is 4.19. The van der Waals surface area contributed by atoms with E-state index in [1.54, 1.807) is 28.6 Å². The number of anilines is 1. The van der Waals surface area contributed by atoms with Crippen LogP contribution in [0.2, 0.25) is 0 Å². The number of nitrogens with one attached hydrogen (secondary N) is 1. The van der Waals surface area contributed by atoms with Gasteiger partial charge in [-0.3, -0.25) is 4.57 Å². The van der Waals surface area contributed by atoms with Crippen LogP contribution < -0.4 is 5.32 Å². The molecule has 1 aliphatic rings. The molecule has 8 heteroatoms. The largest absolute Gasteiger partial charge is 0.387 e. The number of hydrogen-bond donors (Lipinski definition) is 2. The minimum atomic E-state index is -0.435. The summed E-state index contributed by atoms with van der Waals surface area (Å²) in [6.45, 7) is 1.29.